The second-order valence-corrected chi connectivity index (χ2v) is 4.82. The monoisotopic (exact) mass is 333 g/mol. The van der Waals surface area contributed by atoms with Crippen molar-refractivity contribution in [2.24, 2.45) is 4.99 Å². The average molecular weight is 333 g/mol. The fourth-order valence-corrected chi connectivity index (χ4v) is 1.88. The van der Waals surface area contributed by atoms with Crippen molar-refractivity contribution >= 4 is 28.8 Å². The highest BCUT2D eigenvalue weighted by atomic mass is 16.5. The predicted octanol–water partition coefficient (Wildman–Crippen LogP) is 2.15. The van der Waals surface area contributed by atoms with Crippen LogP contribution in [-0.4, -0.2) is 23.9 Å². The largest absolute Gasteiger partial charge is 0.512 e. The number of hydrogen-bond acceptors (Lipinski definition) is 8. The third-order valence-corrected chi connectivity index (χ3v) is 2.98. The van der Waals surface area contributed by atoms with Gasteiger partial charge < -0.3 is 18.7 Å². The molecule has 0 aliphatic carbocycles. The summed E-state index contributed by atoms with van der Waals surface area (Å²) in [7, 11) is 0. The Morgan fingerprint density at radius 1 is 1.29 bits per heavy atom. The number of ether oxygens (including phenoxy) is 1. The summed E-state index contributed by atoms with van der Waals surface area (Å²) in [6.07, 6.45) is 0.973. The van der Waals surface area contributed by atoms with Crippen molar-refractivity contribution in [2.75, 3.05) is 6.61 Å². The standard InChI is InChI=1S/C16H15NO7/c1-4-22-14(19)11(9(3)18)7-17-12-6-10-13(24-16(12)21)5-8(2)23-15(10)20/h5-7,18H,4H2,1-3H3/b11-9+,17-7?. The van der Waals surface area contributed by atoms with Crippen LogP contribution < -0.4 is 11.3 Å². The number of nitrogens with zero attached hydrogens (tertiary/aromatic N) is 1. The first-order valence-corrected chi connectivity index (χ1v) is 7.03. The SMILES string of the molecule is CCOC(=O)/C(C=Nc1cc2c(=O)oc(C)cc2oc1=O)=C(\C)O. The van der Waals surface area contributed by atoms with Gasteiger partial charge in [0.15, 0.2) is 0 Å². The number of rotatable bonds is 4. The molecule has 0 aliphatic heterocycles. The molecule has 1 N–H and O–H groups in total. The lowest BCUT2D eigenvalue weighted by Gasteiger charge is -2.03. The molecule has 24 heavy (non-hydrogen) atoms. The molecule has 0 bridgehead atoms. The van der Waals surface area contributed by atoms with Gasteiger partial charge in [-0.05, 0) is 26.8 Å². The molecular weight excluding hydrogens is 318 g/mol. The van der Waals surface area contributed by atoms with Crippen LogP contribution >= 0.6 is 0 Å². The van der Waals surface area contributed by atoms with Gasteiger partial charge in [0.2, 0.25) is 0 Å². The summed E-state index contributed by atoms with van der Waals surface area (Å²) in [4.78, 5) is 39.2. The van der Waals surface area contributed by atoms with Crippen LogP contribution in [-0.2, 0) is 9.53 Å². The van der Waals surface area contributed by atoms with Gasteiger partial charge in [0, 0.05) is 12.3 Å². The summed E-state index contributed by atoms with van der Waals surface area (Å²) in [6, 6.07) is 2.60. The average Bonchev–Trinajstić information content (AvgIpc) is 2.48. The molecule has 2 heterocycles. The van der Waals surface area contributed by atoms with Gasteiger partial charge in [0.25, 0.3) is 0 Å². The molecule has 126 valence electrons. The van der Waals surface area contributed by atoms with Gasteiger partial charge in [-0.15, -0.1) is 0 Å². The number of allylic oxidation sites excluding steroid dienone is 1. The fourth-order valence-electron chi connectivity index (χ4n) is 1.88. The first kappa shape index (κ1) is 17.2. The Balaban J connectivity index is 2.51. The minimum atomic E-state index is -0.803. The quantitative estimate of drug-likeness (QED) is 0.394. The van der Waals surface area contributed by atoms with Crippen molar-refractivity contribution in [3.05, 3.63) is 50.1 Å². The van der Waals surface area contributed by atoms with E-state index in [4.69, 9.17) is 13.6 Å². The zero-order valence-electron chi connectivity index (χ0n) is 13.3. The van der Waals surface area contributed by atoms with E-state index in [1.165, 1.54) is 19.1 Å². The van der Waals surface area contributed by atoms with E-state index in [1.807, 2.05) is 0 Å². The fraction of sp³-hybridized carbons (Fsp3) is 0.250. The number of aliphatic imine (C=N–C) groups is 1. The van der Waals surface area contributed by atoms with Crippen LogP contribution in [0.5, 0.6) is 0 Å². The lowest BCUT2D eigenvalue weighted by molar-refractivity contribution is -0.138. The minimum absolute atomic E-state index is 0.0368. The number of esters is 1. The Bertz CT molecular complexity index is 959. The molecule has 0 aliphatic rings. The van der Waals surface area contributed by atoms with Gasteiger partial charge in [0.1, 0.15) is 33.7 Å². The number of carbonyl (C=O) groups excluding carboxylic acids is 1. The van der Waals surface area contributed by atoms with Crippen LogP contribution in [0.2, 0.25) is 0 Å². The van der Waals surface area contributed by atoms with Gasteiger partial charge in [0.05, 0.1) is 6.61 Å². The minimum Gasteiger partial charge on any atom is -0.512 e. The Hall–Kier alpha value is -3.16. The topological polar surface area (TPSA) is 119 Å². The summed E-state index contributed by atoms with van der Waals surface area (Å²) >= 11 is 0. The van der Waals surface area contributed by atoms with Crippen molar-refractivity contribution in [1.29, 1.82) is 0 Å². The smallest absolute Gasteiger partial charge is 0.362 e. The summed E-state index contributed by atoms with van der Waals surface area (Å²) in [6.45, 7) is 4.55. The molecule has 0 spiro atoms. The van der Waals surface area contributed by atoms with Crippen LogP contribution in [0.1, 0.15) is 19.6 Å². The van der Waals surface area contributed by atoms with Gasteiger partial charge >= 0.3 is 17.2 Å². The Morgan fingerprint density at radius 3 is 2.62 bits per heavy atom. The van der Waals surface area contributed by atoms with Crippen molar-refractivity contribution in [1.82, 2.24) is 0 Å². The molecule has 0 fully saturated rings. The molecular formula is C16H15NO7. The van der Waals surface area contributed by atoms with Crippen LogP contribution in [0, 0.1) is 6.92 Å². The van der Waals surface area contributed by atoms with E-state index >= 15 is 0 Å². The molecule has 8 nitrogen and oxygen atoms in total. The van der Waals surface area contributed by atoms with Crippen molar-refractivity contribution < 1.29 is 23.5 Å². The predicted molar refractivity (Wildman–Crippen MR) is 85.9 cm³/mol. The van der Waals surface area contributed by atoms with E-state index in [0.717, 1.165) is 6.21 Å². The van der Waals surface area contributed by atoms with E-state index in [-0.39, 0.29) is 34.6 Å². The molecule has 0 unspecified atom stereocenters. The molecule has 0 radical (unpaired) electrons. The number of hydrogen-bond donors (Lipinski definition) is 1. The van der Waals surface area contributed by atoms with E-state index in [1.54, 1.807) is 13.8 Å². The normalized spacial score (nSPS) is 12.5. The summed E-state index contributed by atoms with van der Waals surface area (Å²) in [5, 5.41) is 9.56. The summed E-state index contributed by atoms with van der Waals surface area (Å²) in [5.74, 6) is -0.811. The first-order valence-electron chi connectivity index (χ1n) is 7.03. The molecule has 2 aromatic heterocycles. The van der Waals surface area contributed by atoms with Gasteiger partial charge in [-0.1, -0.05) is 0 Å². The Morgan fingerprint density at radius 2 is 2.00 bits per heavy atom. The molecule has 0 saturated carbocycles. The van der Waals surface area contributed by atoms with Gasteiger partial charge in [-0.25, -0.2) is 19.4 Å². The van der Waals surface area contributed by atoms with Crippen molar-refractivity contribution in [3.63, 3.8) is 0 Å². The Labute approximate surface area is 135 Å². The van der Waals surface area contributed by atoms with Gasteiger partial charge in [-0.3, -0.25) is 0 Å². The number of aliphatic hydroxyl groups is 1. The second kappa shape index (κ2) is 6.95. The van der Waals surface area contributed by atoms with Crippen LogP contribution in [0.25, 0.3) is 11.0 Å². The number of fused-ring (bicyclic) bond motifs is 1. The molecule has 0 atom stereocenters. The maximum atomic E-state index is 11.9. The van der Waals surface area contributed by atoms with E-state index < -0.39 is 17.2 Å². The maximum absolute atomic E-state index is 11.9. The van der Waals surface area contributed by atoms with Crippen LogP contribution in [0.3, 0.4) is 0 Å². The third-order valence-electron chi connectivity index (χ3n) is 2.98. The molecule has 2 rings (SSSR count). The molecule has 0 amide bonds. The highest BCUT2D eigenvalue weighted by Crippen LogP contribution is 2.16. The Kier molecular flexibility index (Phi) is 4.98. The van der Waals surface area contributed by atoms with Crippen LogP contribution in [0.4, 0.5) is 5.69 Å². The highest BCUT2D eigenvalue weighted by Gasteiger charge is 2.13. The maximum Gasteiger partial charge on any atom is 0.362 e. The zero-order valence-corrected chi connectivity index (χ0v) is 13.3. The number of carbonyl (C=O) groups is 1. The summed E-state index contributed by atoms with van der Waals surface area (Å²) in [5.41, 5.74) is -1.84. The number of aliphatic hydroxyl groups excluding tert-OH is 1. The second-order valence-electron chi connectivity index (χ2n) is 4.82. The molecule has 8 heteroatoms. The lowest BCUT2D eigenvalue weighted by atomic mass is 10.2. The molecule has 0 aromatic carbocycles. The summed E-state index contributed by atoms with van der Waals surface area (Å²) < 4.78 is 14.7. The zero-order chi connectivity index (χ0) is 17.9. The van der Waals surface area contributed by atoms with Gasteiger partial charge in [-0.2, -0.15) is 0 Å². The lowest BCUT2D eigenvalue weighted by Crippen LogP contribution is -2.11. The van der Waals surface area contributed by atoms with Crippen molar-refractivity contribution in [2.45, 2.75) is 20.8 Å². The van der Waals surface area contributed by atoms with E-state index in [2.05, 4.69) is 4.99 Å². The van der Waals surface area contributed by atoms with Crippen molar-refractivity contribution in [3.8, 4) is 0 Å². The molecule has 2 aromatic rings. The van der Waals surface area contributed by atoms with E-state index in [0.29, 0.717) is 5.76 Å². The molecule has 0 saturated heterocycles. The number of aryl methyl sites for hydroxylation is 1. The third kappa shape index (κ3) is 3.60. The van der Waals surface area contributed by atoms with E-state index in [9.17, 15) is 19.5 Å². The first-order chi connectivity index (χ1) is 11.3. The highest BCUT2D eigenvalue weighted by molar-refractivity contribution is 6.10. The van der Waals surface area contributed by atoms with Crippen LogP contribution in [0.15, 0.2) is 46.9 Å².